The molecular weight excluding hydrogens is 645 g/mol. The number of hydrogen-bond donors (Lipinski definition) is 2. The van der Waals surface area contributed by atoms with Gasteiger partial charge >= 0.3 is 11.9 Å². The second-order valence-corrected chi connectivity index (χ2v) is 14.3. The second-order valence-electron chi connectivity index (χ2n) is 14.3. The maximum Gasteiger partial charge on any atom is 0.354 e. The van der Waals surface area contributed by atoms with Crippen molar-refractivity contribution in [2.24, 2.45) is 10.8 Å². The first-order valence-corrected chi connectivity index (χ1v) is 18.4. The summed E-state index contributed by atoms with van der Waals surface area (Å²) in [6.07, 6.45) is 12.6. The number of dihydropyridines is 2. The van der Waals surface area contributed by atoms with Crippen LogP contribution in [0.1, 0.15) is 61.8 Å². The third-order valence-electron chi connectivity index (χ3n) is 11.4. The van der Waals surface area contributed by atoms with E-state index in [2.05, 4.69) is 71.3 Å². The van der Waals surface area contributed by atoms with Crippen molar-refractivity contribution in [1.29, 1.82) is 0 Å². The summed E-state index contributed by atoms with van der Waals surface area (Å²) in [5.74, 6) is -0.745. The number of hydrogen-bond acceptors (Lipinski definition) is 6. The Hall–Kier alpha value is -5.62. The molecule has 2 aliphatic heterocycles. The van der Waals surface area contributed by atoms with Crippen LogP contribution in [-0.2, 0) is 30.1 Å². The molecule has 4 aromatic rings. The Kier molecular flexibility index (Phi) is 8.49. The minimum atomic E-state index is -0.813. The molecule has 0 spiro atoms. The van der Waals surface area contributed by atoms with Gasteiger partial charge in [-0.05, 0) is 97.2 Å². The molecule has 8 rings (SSSR count). The van der Waals surface area contributed by atoms with Crippen molar-refractivity contribution in [2.45, 2.75) is 50.6 Å². The van der Waals surface area contributed by atoms with Crippen LogP contribution in [0.4, 0.5) is 0 Å². The highest BCUT2D eigenvalue weighted by atomic mass is 16.5. The molecule has 2 N–H and O–H groups in total. The van der Waals surface area contributed by atoms with Crippen LogP contribution in [0.15, 0.2) is 168 Å². The van der Waals surface area contributed by atoms with Gasteiger partial charge in [-0.2, -0.15) is 0 Å². The lowest BCUT2D eigenvalue weighted by Crippen LogP contribution is -2.47. The van der Waals surface area contributed by atoms with E-state index in [9.17, 15) is 9.59 Å². The molecule has 2 heterocycles. The molecule has 2 aliphatic carbocycles. The van der Waals surface area contributed by atoms with Gasteiger partial charge in [0.05, 0.1) is 13.2 Å². The Morgan fingerprint density at radius 3 is 1.04 bits per heavy atom. The van der Waals surface area contributed by atoms with Gasteiger partial charge in [-0.15, -0.1) is 0 Å². The first-order chi connectivity index (χ1) is 25.4. The van der Waals surface area contributed by atoms with Gasteiger partial charge in [0.1, 0.15) is 22.5 Å². The van der Waals surface area contributed by atoms with Crippen molar-refractivity contribution in [3.05, 3.63) is 190 Å². The summed E-state index contributed by atoms with van der Waals surface area (Å²) >= 11 is 0. The van der Waals surface area contributed by atoms with E-state index in [0.717, 1.165) is 59.1 Å². The minimum Gasteiger partial charge on any atom is -0.461 e. The second kappa shape index (κ2) is 13.2. The van der Waals surface area contributed by atoms with Crippen molar-refractivity contribution in [1.82, 2.24) is 10.6 Å². The highest BCUT2D eigenvalue weighted by Crippen LogP contribution is 2.77. The van der Waals surface area contributed by atoms with Crippen molar-refractivity contribution in [3.8, 4) is 0 Å². The van der Waals surface area contributed by atoms with Crippen molar-refractivity contribution >= 4 is 11.9 Å². The number of nitrogens with one attached hydrogen (secondary N) is 2. The number of allylic oxidation sites excluding steroid dienone is 4. The van der Waals surface area contributed by atoms with E-state index >= 15 is 0 Å². The molecule has 262 valence electrons. The topological polar surface area (TPSA) is 76.7 Å². The fourth-order valence-corrected chi connectivity index (χ4v) is 8.72. The summed E-state index contributed by atoms with van der Waals surface area (Å²) in [6, 6.07) is 41.3. The average Bonchev–Trinajstić information content (AvgIpc) is 4.15. The highest BCUT2D eigenvalue weighted by molar-refractivity contribution is 5.90. The van der Waals surface area contributed by atoms with Crippen LogP contribution < -0.4 is 10.6 Å². The first-order valence-electron chi connectivity index (χ1n) is 18.4. The molecule has 0 atom stereocenters. The van der Waals surface area contributed by atoms with E-state index in [4.69, 9.17) is 9.47 Å². The lowest BCUT2D eigenvalue weighted by Gasteiger charge is -2.43. The number of benzene rings is 4. The Morgan fingerprint density at radius 2 is 0.788 bits per heavy atom. The van der Waals surface area contributed by atoms with E-state index < -0.39 is 11.1 Å². The van der Waals surface area contributed by atoms with Gasteiger partial charge in [-0.25, -0.2) is 9.59 Å². The van der Waals surface area contributed by atoms with Crippen LogP contribution >= 0.6 is 0 Å². The zero-order valence-corrected chi connectivity index (χ0v) is 29.7. The molecule has 0 unspecified atom stereocenters. The predicted octanol–water partition coefficient (Wildman–Crippen LogP) is 8.39. The maximum absolute atomic E-state index is 13.7. The van der Waals surface area contributed by atoms with Gasteiger partial charge < -0.3 is 20.1 Å². The molecule has 6 nitrogen and oxygen atoms in total. The largest absolute Gasteiger partial charge is 0.461 e. The third kappa shape index (κ3) is 5.49. The smallest absolute Gasteiger partial charge is 0.354 e. The van der Waals surface area contributed by atoms with Gasteiger partial charge in [0.15, 0.2) is 0 Å². The SMILES string of the molecule is CCOC(=O)C1=CC(C2(C3(C4=CC(c5ccccc5)(c5ccccc5)NC(C(=O)OCC)=C4)CC3)CC2)=CC(c2ccccc2)(c2ccccc2)N1. The van der Waals surface area contributed by atoms with E-state index in [-0.39, 0.29) is 36.0 Å². The van der Waals surface area contributed by atoms with Crippen LogP contribution in [0, 0.1) is 10.8 Å². The Balaban J connectivity index is 1.34. The van der Waals surface area contributed by atoms with Crippen LogP contribution in [0.25, 0.3) is 0 Å². The van der Waals surface area contributed by atoms with E-state index in [1.165, 1.54) is 0 Å². The van der Waals surface area contributed by atoms with Crippen LogP contribution in [0.5, 0.6) is 0 Å². The molecule has 4 aromatic carbocycles. The van der Waals surface area contributed by atoms with Crippen LogP contribution in [0.2, 0.25) is 0 Å². The summed E-state index contributed by atoms with van der Waals surface area (Å²) in [6.45, 7) is 4.23. The summed E-state index contributed by atoms with van der Waals surface area (Å²) in [4.78, 5) is 27.5. The maximum atomic E-state index is 13.7. The van der Waals surface area contributed by atoms with Gasteiger partial charge in [0.2, 0.25) is 0 Å². The van der Waals surface area contributed by atoms with Crippen molar-refractivity contribution in [3.63, 3.8) is 0 Å². The lowest BCUT2D eigenvalue weighted by molar-refractivity contribution is -0.140. The fraction of sp³-hybridized carbons (Fsp3) is 0.261. The average molecular weight is 689 g/mol. The molecule has 0 radical (unpaired) electrons. The molecule has 6 heteroatoms. The van der Waals surface area contributed by atoms with Crippen molar-refractivity contribution in [2.75, 3.05) is 13.2 Å². The standard InChI is InChI=1S/C46H44N2O4/c1-3-51-41(49)39-29-37(31-45(47-39,33-17-9-5-10-18-33)34-19-11-6-12-20-34)43(25-26-43)44(27-28-44)38-30-40(42(50)52-4-2)48-46(32-38,35-21-13-7-14-22-35)36-23-15-8-16-24-36/h5-24,29-32,47-48H,3-4,25-28H2,1-2H3. The van der Waals surface area contributed by atoms with Crippen molar-refractivity contribution < 1.29 is 19.1 Å². The minimum absolute atomic E-state index is 0.264. The molecule has 0 aromatic heterocycles. The molecular formula is C46H44N2O4. The van der Waals surface area contributed by atoms with Gasteiger partial charge in [0, 0.05) is 10.8 Å². The monoisotopic (exact) mass is 688 g/mol. The molecule has 2 fully saturated rings. The predicted molar refractivity (Wildman–Crippen MR) is 203 cm³/mol. The van der Waals surface area contributed by atoms with Gasteiger partial charge in [-0.1, -0.05) is 121 Å². The molecule has 52 heavy (non-hydrogen) atoms. The summed E-state index contributed by atoms with van der Waals surface area (Å²) in [5.41, 5.74) is 5.11. The van der Waals surface area contributed by atoms with E-state index in [1.807, 2.05) is 98.8 Å². The molecule has 0 saturated heterocycles. The Bertz CT molecular complexity index is 1860. The van der Waals surface area contributed by atoms with Crippen LogP contribution in [-0.4, -0.2) is 25.2 Å². The van der Waals surface area contributed by atoms with Gasteiger partial charge in [0.25, 0.3) is 0 Å². The fourth-order valence-electron chi connectivity index (χ4n) is 8.72. The molecule has 2 saturated carbocycles. The van der Waals surface area contributed by atoms with Gasteiger partial charge in [-0.3, -0.25) is 0 Å². The van der Waals surface area contributed by atoms with Crippen LogP contribution in [0.3, 0.4) is 0 Å². The van der Waals surface area contributed by atoms with E-state index in [1.54, 1.807) is 0 Å². The van der Waals surface area contributed by atoms with E-state index in [0.29, 0.717) is 11.4 Å². The summed E-state index contributed by atoms with van der Waals surface area (Å²) in [5, 5.41) is 7.34. The highest BCUT2D eigenvalue weighted by Gasteiger charge is 2.69. The first kappa shape index (κ1) is 33.5. The Morgan fingerprint density at radius 1 is 0.500 bits per heavy atom. The third-order valence-corrected chi connectivity index (χ3v) is 11.4. The zero-order valence-electron chi connectivity index (χ0n) is 29.7. The summed E-state index contributed by atoms with van der Waals surface area (Å²) < 4.78 is 11.3. The Labute approximate surface area is 305 Å². The number of esters is 2. The zero-order chi connectivity index (χ0) is 35.8. The lowest BCUT2D eigenvalue weighted by atomic mass is 9.67. The number of rotatable bonds is 11. The molecule has 0 amide bonds. The molecule has 4 aliphatic rings. The molecule has 0 bridgehead atoms. The number of carbonyl (C=O) groups is 2. The number of carbonyl (C=O) groups excluding carboxylic acids is 2. The summed E-state index contributed by atoms with van der Waals surface area (Å²) in [7, 11) is 0. The number of ether oxygens (including phenoxy) is 2. The quantitative estimate of drug-likeness (QED) is 0.154. The normalized spacial score (nSPS) is 20.0.